The van der Waals surface area contributed by atoms with E-state index in [1.54, 1.807) is 0 Å². The number of hydrogen-bond acceptors (Lipinski definition) is 4. The molecule has 0 bridgehead atoms. The van der Waals surface area contributed by atoms with Gasteiger partial charge in [-0.1, -0.05) is 0 Å². The standard InChI is InChI=1S/C7H4F3NO3.CH4O/c8-7(9,10)5-2-1-4(12)3-6(5)11(13)14;1-2/h1-3,12H;2H,1H3. The quantitative estimate of drug-likeness (QED) is 0.579. The third kappa shape index (κ3) is 3.39. The lowest BCUT2D eigenvalue weighted by molar-refractivity contribution is -0.388. The van der Waals surface area contributed by atoms with E-state index < -0.39 is 28.1 Å². The lowest BCUT2D eigenvalue weighted by Crippen LogP contribution is -2.08. The Labute approximate surface area is 87.9 Å². The molecule has 1 aromatic carbocycles. The molecular formula is C8H8F3NO4. The van der Waals surface area contributed by atoms with E-state index in [0.29, 0.717) is 12.1 Å². The van der Waals surface area contributed by atoms with Gasteiger partial charge in [0.1, 0.15) is 11.3 Å². The van der Waals surface area contributed by atoms with Gasteiger partial charge in [0.05, 0.1) is 11.0 Å². The number of aliphatic hydroxyl groups excluding tert-OH is 1. The van der Waals surface area contributed by atoms with Crippen molar-refractivity contribution >= 4 is 5.69 Å². The van der Waals surface area contributed by atoms with Gasteiger partial charge in [-0.3, -0.25) is 10.1 Å². The number of aliphatic hydroxyl groups is 1. The molecule has 16 heavy (non-hydrogen) atoms. The zero-order valence-electron chi connectivity index (χ0n) is 8.02. The van der Waals surface area contributed by atoms with Gasteiger partial charge in [-0.2, -0.15) is 13.2 Å². The van der Waals surface area contributed by atoms with E-state index in [4.69, 9.17) is 10.2 Å². The van der Waals surface area contributed by atoms with Crippen LogP contribution in [0, 0.1) is 10.1 Å². The summed E-state index contributed by atoms with van der Waals surface area (Å²) in [4.78, 5) is 9.02. The van der Waals surface area contributed by atoms with Crippen LogP contribution in [-0.4, -0.2) is 22.2 Å². The zero-order valence-corrected chi connectivity index (χ0v) is 8.02. The summed E-state index contributed by atoms with van der Waals surface area (Å²) >= 11 is 0. The number of hydrogen-bond donors (Lipinski definition) is 2. The highest BCUT2D eigenvalue weighted by molar-refractivity contribution is 5.46. The van der Waals surface area contributed by atoms with Crippen LogP contribution in [0.1, 0.15) is 5.56 Å². The maximum absolute atomic E-state index is 12.2. The molecule has 0 spiro atoms. The van der Waals surface area contributed by atoms with Crippen molar-refractivity contribution in [2.24, 2.45) is 0 Å². The van der Waals surface area contributed by atoms with E-state index in [0.717, 1.165) is 13.2 Å². The summed E-state index contributed by atoms with van der Waals surface area (Å²) in [6.45, 7) is 0. The molecule has 1 rings (SSSR count). The molecule has 0 radical (unpaired) electrons. The minimum Gasteiger partial charge on any atom is -0.508 e. The van der Waals surface area contributed by atoms with Gasteiger partial charge in [0, 0.05) is 7.11 Å². The fourth-order valence-corrected chi connectivity index (χ4v) is 0.911. The first-order valence-electron chi connectivity index (χ1n) is 3.81. The monoisotopic (exact) mass is 239 g/mol. The lowest BCUT2D eigenvalue weighted by atomic mass is 10.1. The van der Waals surface area contributed by atoms with Gasteiger partial charge in [0.15, 0.2) is 0 Å². The Bertz CT molecular complexity index is 378. The molecule has 0 unspecified atom stereocenters. The van der Waals surface area contributed by atoms with Crippen LogP contribution in [0.5, 0.6) is 5.75 Å². The fourth-order valence-electron chi connectivity index (χ4n) is 0.911. The second kappa shape index (κ2) is 5.31. The van der Waals surface area contributed by atoms with E-state index in [-0.39, 0.29) is 0 Å². The van der Waals surface area contributed by atoms with Crippen LogP contribution >= 0.6 is 0 Å². The van der Waals surface area contributed by atoms with Gasteiger partial charge in [-0.05, 0) is 12.1 Å². The number of rotatable bonds is 1. The molecule has 0 aromatic heterocycles. The third-order valence-corrected chi connectivity index (χ3v) is 1.48. The Kier molecular flexibility index (Phi) is 4.70. The van der Waals surface area contributed by atoms with Gasteiger partial charge in [0.2, 0.25) is 0 Å². The van der Waals surface area contributed by atoms with Crippen molar-refractivity contribution in [3.8, 4) is 5.75 Å². The number of nitro benzene ring substituents is 1. The first-order chi connectivity index (χ1) is 7.32. The topological polar surface area (TPSA) is 83.6 Å². The third-order valence-electron chi connectivity index (χ3n) is 1.48. The minimum absolute atomic E-state index is 0.461. The van der Waals surface area contributed by atoms with Crippen molar-refractivity contribution in [2.45, 2.75) is 6.18 Å². The fraction of sp³-hybridized carbons (Fsp3) is 0.250. The summed E-state index contributed by atoms with van der Waals surface area (Å²) in [6.07, 6.45) is -4.80. The number of aromatic hydroxyl groups is 1. The van der Waals surface area contributed by atoms with Gasteiger partial charge in [0.25, 0.3) is 5.69 Å². The van der Waals surface area contributed by atoms with E-state index in [9.17, 15) is 23.3 Å². The molecule has 90 valence electrons. The van der Waals surface area contributed by atoms with E-state index in [1.165, 1.54) is 0 Å². The second-order valence-corrected chi connectivity index (χ2v) is 2.46. The maximum atomic E-state index is 12.2. The van der Waals surface area contributed by atoms with Crippen molar-refractivity contribution in [1.82, 2.24) is 0 Å². The van der Waals surface area contributed by atoms with Crippen molar-refractivity contribution < 1.29 is 28.3 Å². The Morgan fingerprint density at radius 2 is 1.81 bits per heavy atom. The van der Waals surface area contributed by atoms with Crippen molar-refractivity contribution in [3.63, 3.8) is 0 Å². The number of phenolic OH excluding ortho intramolecular Hbond substituents is 1. The Hall–Kier alpha value is -1.83. The van der Waals surface area contributed by atoms with Gasteiger partial charge >= 0.3 is 6.18 Å². The van der Waals surface area contributed by atoms with Crippen LogP contribution in [0.2, 0.25) is 0 Å². The largest absolute Gasteiger partial charge is 0.508 e. The highest BCUT2D eigenvalue weighted by atomic mass is 19.4. The molecule has 0 aliphatic heterocycles. The number of halogens is 3. The van der Waals surface area contributed by atoms with E-state index in [2.05, 4.69) is 0 Å². The van der Waals surface area contributed by atoms with Crippen LogP contribution in [-0.2, 0) is 6.18 Å². The van der Waals surface area contributed by atoms with Crippen LogP contribution in [0.3, 0.4) is 0 Å². The van der Waals surface area contributed by atoms with Crippen LogP contribution in [0.25, 0.3) is 0 Å². The summed E-state index contributed by atoms with van der Waals surface area (Å²) in [5.74, 6) is -0.579. The maximum Gasteiger partial charge on any atom is 0.423 e. The summed E-state index contributed by atoms with van der Waals surface area (Å²) in [5.41, 5.74) is -2.53. The smallest absolute Gasteiger partial charge is 0.423 e. The average Bonchev–Trinajstić information content (AvgIpc) is 2.18. The molecule has 2 N–H and O–H groups in total. The molecular weight excluding hydrogens is 231 g/mol. The summed E-state index contributed by atoms with van der Waals surface area (Å²) in [6, 6.07) is 1.67. The normalized spacial score (nSPS) is 10.3. The molecule has 5 nitrogen and oxygen atoms in total. The van der Waals surface area contributed by atoms with Crippen molar-refractivity contribution in [3.05, 3.63) is 33.9 Å². The average molecular weight is 239 g/mol. The van der Waals surface area contributed by atoms with Crippen molar-refractivity contribution in [1.29, 1.82) is 0 Å². The second-order valence-electron chi connectivity index (χ2n) is 2.46. The summed E-state index contributed by atoms with van der Waals surface area (Å²) in [5, 5.41) is 26.0. The minimum atomic E-state index is -4.80. The molecule has 0 heterocycles. The van der Waals surface area contributed by atoms with E-state index >= 15 is 0 Å². The molecule has 0 amide bonds. The molecule has 0 fully saturated rings. The first kappa shape index (κ1) is 14.2. The molecule has 8 heteroatoms. The number of nitro groups is 1. The Balaban J connectivity index is 0.00000106. The van der Waals surface area contributed by atoms with Gasteiger partial charge < -0.3 is 10.2 Å². The number of nitrogens with zero attached hydrogens (tertiary/aromatic N) is 1. The summed E-state index contributed by atoms with van der Waals surface area (Å²) in [7, 11) is 1.00. The molecule has 1 aromatic rings. The number of phenols is 1. The number of benzene rings is 1. The molecule has 0 saturated heterocycles. The van der Waals surface area contributed by atoms with Gasteiger partial charge in [-0.15, -0.1) is 0 Å². The van der Waals surface area contributed by atoms with Crippen molar-refractivity contribution in [2.75, 3.05) is 7.11 Å². The highest BCUT2D eigenvalue weighted by Gasteiger charge is 2.38. The predicted octanol–water partition coefficient (Wildman–Crippen LogP) is 1.93. The van der Waals surface area contributed by atoms with Crippen LogP contribution in [0.15, 0.2) is 18.2 Å². The molecule has 0 saturated carbocycles. The summed E-state index contributed by atoms with van der Waals surface area (Å²) < 4.78 is 36.5. The van der Waals surface area contributed by atoms with Crippen LogP contribution in [0.4, 0.5) is 18.9 Å². The molecule has 0 atom stereocenters. The SMILES string of the molecule is CO.O=[N+]([O-])c1cc(O)ccc1C(F)(F)F. The highest BCUT2D eigenvalue weighted by Crippen LogP contribution is 2.37. The Morgan fingerprint density at radius 3 is 2.19 bits per heavy atom. The predicted molar refractivity (Wildman–Crippen MR) is 47.9 cm³/mol. The molecule has 0 aliphatic carbocycles. The van der Waals surface area contributed by atoms with Crippen LogP contribution < -0.4 is 0 Å². The molecule has 0 aliphatic rings. The van der Waals surface area contributed by atoms with E-state index in [1.807, 2.05) is 0 Å². The lowest BCUT2D eigenvalue weighted by Gasteiger charge is -2.06. The zero-order chi connectivity index (χ0) is 12.9. The van der Waals surface area contributed by atoms with Gasteiger partial charge in [-0.25, -0.2) is 0 Å². The number of alkyl halides is 3. The Morgan fingerprint density at radius 1 is 1.31 bits per heavy atom. The first-order valence-corrected chi connectivity index (χ1v) is 3.81.